The van der Waals surface area contributed by atoms with Crippen molar-refractivity contribution in [3.63, 3.8) is 0 Å². The minimum Gasteiger partial charge on any atom is -0.338 e. The van der Waals surface area contributed by atoms with Gasteiger partial charge in [0.25, 0.3) is 0 Å². The van der Waals surface area contributed by atoms with Crippen molar-refractivity contribution in [2.75, 3.05) is 5.32 Å². The van der Waals surface area contributed by atoms with Crippen LogP contribution >= 0.6 is 11.6 Å². The molecule has 3 aromatic heterocycles. The second-order valence-corrected chi connectivity index (χ2v) is 4.39. The van der Waals surface area contributed by atoms with Crippen LogP contribution in [0.4, 0.5) is 11.6 Å². The third-order valence-corrected chi connectivity index (χ3v) is 2.82. The average Bonchev–Trinajstić information content (AvgIpc) is 2.87. The standard InChI is InChI=1S/C11H11ClN6/c1-17-5-8(13-6-17)14-9-7-3-4-18(2)10(7)16-11(12)15-9/h3-6H,1-2H3,(H,14,15,16). The van der Waals surface area contributed by atoms with Gasteiger partial charge < -0.3 is 14.5 Å². The highest BCUT2D eigenvalue weighted by molar-refractivity contribution is 6.28. The summed E-state index contributed by atoms with van der Waals surface area (Å²) in [6, 6.07) is 1.94. The van der Waals surface area contributed by atoms with Crippen LogP contribution in [0.1, 0.15) is 0 Å². The normalized spacial score (nSPS) is 11.1. The van der Waals surface area contributed by atoms with Crippen LogP contribution in [0, 0.1) is 0 Å². The van der Waals surface area contributed by atoms with Crippen molar-refractivity contribution in [2.24, 2.45) is 14.1 Å². The van der Waals surface area contributed by atoms with Gasteiger partial charge in [0, 0.05) is 26.5 Å². The van der Waals surface area contributed by atoms with Gasteiger partial charge in [-0.2, -0.15) is 9.97 Å². The number of aryl methyl sites for hydroxylation is 2. The summed E-state index contributed by atoms with van der Waals surface area (Å²) in [5, 5.41) is 4.26. The lowest BCUT2D eigenvalue weighted by atomic mass is 10.4. The largest absolute Gasteiger partial charge is 0.338 e. The number of halogens is 1. The topological polar surface area (TPSA) is 60.6 Å². The first-order valence-corrected chi connectivity index (χ1v) is 5.75. The van der Waals surface area contributed by atoms with Gasteiger partial charge in [0.2, 0.25) is 5.28 Å². The molecule has 7 heteroatoms. The second-order valence-electron chi connectivity index (χ2n) is 4.05. The Bertz CT molecular complexity index is 713. The van der Waals surface area contributed by atoms with E-state index in [-0.39, 0.29) is 5.28 Å². The van der Waals surface area contributed by atoms with E-state index < -0.39 is 0 Å². The van der Waals surface area contributed by atoms with Gasteiger partial charge in [0.1, 0.15) is 17.3 Å². The predicted octanol–water partition coefficient (Wildman–Crippen LogP) is 2.10. The molecule has 0 aliphatic carbocycles. The molecule has 0 atom stereocenters. The first-order valence-electron chi connectivity index (χ1n) is 5.37. The molecule has 0 aliphatic rings. The lowest BCUT2D eigenvalue weighted by molar-refractivity contribution is 0.913. The maximum Gasteiger partial charge on any atom is 0.226 e. The summed E-state index contributed by atoms with van der Waals surface area (Å²) in [4.78, 5) is 12.6. The Balaban J connectivity index is 2.10. The molecule has 0 fully saturated rings. The zero-order chi connectivity index (χ0) is 12.7. The summed E-state index contributed by atoms with van der Waals surface area (Å²) in [6.45, 7) is 0. The Morgan fingerprint density at radius 2 is 2.11 bits per heavy atom. The first kappa shape index (κ1) is 11.0. The number of rotatable bonds is 2. The molecule has 3 aromatic rings. The lowest BCUT2D eigenvalue weighted by Crippen LogP contribution is -1.98. The number of hydrogen-bond acceptors (Lipinski definition) is 4. The number of anilines is 2. The molecule has 0 saturated heterocycles. The fourth-order valence-electron chi connectivity index (χ4n) is 1.80. The second kappa shape index (κ2) is 3.99. The van der Waals surface area contributed by atoms with E-state index in [1.165, 1.54) is 0 Å². The molecule has 1 N–H and O–H groups in total. The Hall–Kier alpha value is -2.08. The van der Waals surface area contributed by atoms with E-state index in [4.69, 9.17) is 11.6 Å². The molecular weight excluding hydrogens is 252 g/mol. The van der Waals surface area contributed by atoms with Crippen molar-refractivity contribution < 1.29 is 0 Å². The van der Waals surface area contributed by atoms with E-state index in [0.29, 0.717) is 5.82 Å². The molecule has 0 unspecified atom stereocenters. The van der Waals surface area contributed by atoms with Crippen LogP contribution in [0.3, 0.4) is 0 Å². The fourth-order valence-corrected chi connectivity index (χ4v) is 1.97. The number of aromatic nitrogens is 5. The van der Waals surface area contributed by atoms with Gasteiger partial charge in [-0.25, -0.2) is 4.98 Å². The van der Waals surface area contributed by atoms with Crippen molar-refractivity contribution in [3.8, 4) is 0 Å². The van der Waals surface area contributed by atoms with Gasteiger partial charge in [-0.05, 0) is 17.7 Å². The van der Waals surface area contributed by atoms with Gasteiger partial charge in [-0.1, -0.05) is 0 Å². The highest BCUT2D eigenvalue weighted by Crippen LogP contribution is 2.24. The van der Waals surface area contributed by atoms with Crippen molar-refractivity contribution in [1.29, 1.82) is 0 Å². The molecule has 0 saturated carbocycles. The molecule has 0 spiro atoms. The SMILES string of the molecule is Cn1cnc(Nc2nc(Cl)nc3c2ccn3C)c1. The Morgan fingerprint density at radius 1 is 1.28 bits per heavy atom. The van der Waals surface area contributed by atoms with Crippen LogP contribution in [-0.2, 0) is 14.1 Å². The molecule has 3 rings (SSSR count). The van der Waals surface area contributed by atoms with Crippen LogP contribution in [0.25, 0.3) is 11.0 Å². The highest BCUT2D eigenvalue weighted by Gasteiger charge is 2.10. The maximum atomic E-state index is 5.92. The van der Waals surface area contributed by atoms with Gasteiger partial charge in [0.05, 0.1) is 11.7 Å². The van der Waals surface area contributed by atoms with E-state index in [0.717, 1.165) is 16.9 Å². The summed E-state index contributed by atoms with van der Waals surface area (Å²) in [6.07, 6.45) is 5.50. The number of nitrogens with zero attached hydrogens (tertiary/aromatic N) is 5. The Kier molecular flexibility index (Phi) is 2.45. The first-order chi connectivity index (χ1) is 8.63. The molecule has 0 radical (unpaired) electrons. The van der Waals surface area contributed by atoms with Crippen molar-refractivity contribution in [1.82, 2.24) is 24.1 Å². The van der Waals surface area contributed by atoms with Crippen molar-refractivity contribution in [3.05, 3.63) is 30.1 Å². The van der Waals surface area contributed by atoms with E-state index in [2.05, 4.69) is 20.3 Å². The van der Waals surface area contributed by atoms with Crippen LogP contribution in [0.5, 0.6) is 0 Å². The molecule has 6 nitrogen and oxygen atoms in total. The van der Waals surface area contributed by atoms with Crippen LogP contribution < -0.4 is 5.32 Å². The minimum absolute atomic E-state index is 0.211. The summed E-state index contributed by atoms with van der Waals surface area (Å²) < 4.78 is 3.75. The van der Waals surface area contributed by atoms with E-state index in [9.17, 15) is 0 Å². The summed E-state index contributed by atoms with van der Waals surface area (Å²) in [7, 11) is 3.82. The van der Waals surface area contributed by atoms with E-state index in [1.807, 2.05) is 41.7 Å². The van der Waals surface area contributed by atoms with Gasteiger partial charge in [-0.3, -0.25) is 0 Å². The molecule has 0 aliphatic heterocycles. The average molecular weight is 263 g/mol. The summed E-state index contributed by atoms with van der Waals surface area (Å²) in [5.41, 5.74) is 0.786. The molecule has 0 bridgehead atoms. The quantitative estimate of drug-likeness (QED) is 0.719. The van der Waals surface area contributed by atoms with E-state index >= 15 is 0 Å². The highest BCUT2D eigenvalue weighted by atomic mass is 35.5. The number of imidazole rings is 1. The summed E-state index contributed by atoms with van der Waals surface area (Å²) in [5.74, 6) is 1.38. The molecule has 0 amide bonds. The number of nitrogens with one attached hydrogen (secondary N) is 1. The van der Waals surface area contributed by atoms with Gasteiger partial charge >= 0.3 is 0 Å². The molecule has 18 heavy (non-hydrogen) atoms. The number of fused-ring (bicyclic) bond motifs is 1. The van der Waals surface area contributed by atoms with Crippen molar-refractivity contribution >= 4 is 34.3 Å². The van der Waals surface area contributed by atoms with Gasteiger partial charge in [0.15, 0.2) is 0 Å². The minimum atomic E-state index is 0.211. The fraction of sp³-hybridized carbons (Fsp3) is 0.182. The molecular formula is C11H11ClN6. The van der Waals surface area contributed by atoms with E-state index in [1.54, 1.807) is 6.33 Å². The molecule has 92 valence electrons. The third-order valence-electron chi connectivity index (χ3n) is 2.65. The third kappa shape index (κ3) is 1.80. The lowest BCUT2D eigenvalue weighted by Gasteiger charge is -2.04. The van der Waals surface area contributed by atoms with Crippen LogP contribution in [0.2, 0.25) is 5.28 Å². The Morgan fingerprint density at radius 3 is 2.83 bits per heavy atom. The molecule has 3 heterocycles. The monoisotopic (exact) mass is 262 g/mol. The van der Waals surface area contributed by atoms with Crippen LogP contribution in [0.15, 0.2) is 24.8 Å². The smallest absolute Gasteiger partial charge is 0.226 e. The summed E-state index contributed by atoms with van der Waals surface area (Å²) >= 11 is 5.92. The Labute approximate surface area is 108 Å². The number of hydrogen-bond donors (Lipinski definition) is 1. The zero-order valence-corrected chi connectivity index (χ0v) is 10.7. The van der Waals surface area contributed by atoms with Crippen LogP contribution in [-0.4, -0.2) is 24.1 Å². The van der Waals surface area contributed by atoms with Gasteiger partial charge in [-0.15, -0.1) is 0 Å². The zero-order valence-electron chi connectivity index (χ0n) is 9.92. The predicted molar refractivity (Wildman–Crippen MR) is 70.0 cm³/mol. The van der Waals surface area contributed by atoms with Crippen molar-refractivity contribution in [2.45, 2.75) is 0 Å². The maximum absolute atomic E-state index is 5.92. The molecule has 0 aromatic carbocycles.